The monoisotopic (exact) mass is 403 g/mol. The van der Waals surface area contributed by atoms with Gasteiger partial charge in [0.1, 0.15) is 11.6 Å². The maximum absolute atomic E-state index is 13.5. The Morgan fingerprint density at radius 3 is 2.40 bits per heavy atom. The highest BCUT2D eigenvalue weighted by atomic mass is 79.9. The third-order valence-electron chi connectivity index (χ3n) is 2.65. The second kappa shape index (κ2) is 6.01. The molecule has 0 saturated carbocycles. The fourth-order valence-corrected chi connectivity index (χ4v) is 2.11. The van der Waals surface area contributed by atoms with E-state index in [1.165, 1.54) is 18.2 Å². The SMILES string of the molecule is Cc1cc(NC(=O)c2ccc(Br)c(F)c2)cc(F)c1Br. The van der Waals surface area contributed by atoms with Gasteiger partial charge in [-0.05, 0) is 74.7 Å². The van der Waals surface area contributed by atoms with Crippen LogP contribution in [0.5, 0.6) is 0 Å². The Morgan fingerprint density at radius 1 is 1.10 bits per heavy atom. The molecule has 0 bridgehead atoms. The third kappa shape index (κ3) is 3.24. The van der Waals surface area contributed by atoms with Gasteiger partial charge in [0.2, 0.25) is 0 Å². The predicted molar refractivity (Wildman–Crippen MR) is 80.9 cm³/mol. The summed E-state index contributed by atoms with van der Waals surface area (Å²) in [7, 11) is 0. The van der Waals surface area contributed by atoms with Crippen LogP contribution in [-0.2, 0) is 0 Å². The Labute approximate surface area is 131 Å². The predicted octanol–water partition coefficient (Wildman–Crippen LogP) is 5.05. The topological polar surface area (TPSA) is 29.1 Å². The fraction of sp³-hybridized carbons (Fsp3) is 0.0714. The summed E-state index contributed by atoms with van der Waals surface area (Å²) in [6.45, 7) is 1.71. The number of amides is 1. The molecule has 104 valence electrons. The fourth-order valence-electron chi connectivity index (χ4n) is 1.64. The van der Waals surface area contributed by atoms with Gasteiger partial charge in [-0.2, -0.15) is 0 Å². The lowest BCUT2D eigenvalue weighted by Gasteiger charge is -2.08. The molecule has 6 heteroatoms. The molecule has 0 saturated heterocycles. The van der Waals surface area contributed by atoms with E-state index in [1.807, 2.05) is 0 Å². The van der Waals surface area contributed by atoms with Gasteiger partial charge in [-0.15, -0.1) is 0 Å². The van der Waals surface area contributed by atoms with E-state index in [2.05, 4.69) is 37.2 Å². The lowest BCUT2D eigenvalue weighted by atomic mass is 10.2. The number of hydrogen-bond acceptors (Lipinski definition) is 1. The van der Waals surface area contributed by atoms with Gasteiger partial charge in [-0.1, -0.05) is 0 Å². The summed E-state index contributed by atoms with van der Waals surface area (Å²) in [5.74, 6) is -1.50. The van der Waals surface area contributed by atoms with Crippen molar-refractivity contribution in [3.05, 3.63) is 62.0 Å². The van der Waals surface area contributed by atoms with Crippen LogP contribution in [0.25, 0.3) is 0 Å². The maximum Gasteiger partial charge on any atom is 0.255 e. The second-order valence-corrected chi connectivity index (χ2v) is 5.82. The van der Waals surface area contributed by atoms with Crippen molar-refractivity contribution in [3.63, 3.8) is 0 Å². The van der Waals surface area contributed by atoms with Gasteiger partial charge in [0.15, 0.2) is 0 Å². The average Bonchev–Trinajstić information content (AvgIpc) is 2.39. The number of rotatable bonds is 2. The molecule has 1 amide bonds. The minimum atomic E-state index is -0.532. The van der Waals surface area contributed by atoms with Crippen molar-refractivity contribution >= 4 is 43.5 Å². The normalized spacial score (nSPS) is 10.4. The molecule has 0 spiro atoms. The van der Waals surface area contributed by atoms with Crippen LogP contribution in [0.3, 0.4) is 0 Å². The summed E-state index contributed by atoms with van der Waals surface area (Å²) in [5.41, 5.74) is 1.13. The lowest BCUT2D eigenvalue weighted by Crippen LogP contribution is -2.12. The first-order valence-electron chi connectivity index (χ1n) is 5.60. The number of halogens is 4. The van der Waals surface area contributed by atoms with Crippen molar-refractivity contribution < 1.29 is 13.6 Å². The van der Waals surface area contributed by atoms with Crippen LogP contribution in [0.2, 0.25) is 0 Å². The first-order valence-corrected chi connectivity index (χ1v) is 7.19. The Morgan fingerprint density at radius 2 is 1.80 bits per heavy atom. The van der Waals surface area contributed by atoms with E-state index in [1.54, 1.807) is 13.0 Å². The zero-order valence-electron chi connectivity index (χ0n) is 10.3. The van der Waals surface area contributed by atoms with E-state index in [0.717, 1.165) is 6.07 Å². The largest absolute Gasteiger partial charge is 0.322 e. The number of hydrogen-bond donors (Lipinski definition) is 1. The number of aryl methyl sites for hydroxylation is 1. The van der Waals surface area contributed by atoms with Crippen molar-refractivity contribution in [1.29, 1.82) is 0 Å². The van der Waals surface area contributed by atoms with Gasteiger partial charge in [0.25, 0.3) is 5.91 Å². The van der Waals surface area contributed by atoms with E-state index in [0.29, 0.717) is 15.7 Å². The molecule has 20 heavy (non-hydrogen) atoms. The highest BCUT2D eigenvalue weighted by Crippen LogP contribution is 2.25. The van der Waals surface area contributed by atoms with Crippen LogP contribution in [-0.4, -0.2) is 5.91 Å². The van der Waals surface area contributed by atoms with Crippen LogP contribution in [0.4, 0.5) is 14.5 Å². The van der Waals surface area contributed by atoms with Crippen molar-refractivity contribution in [3.8, 4) is 0 Å². The first kappa shape index (κ1) is 15.1. The van der Waals surface area contributed by atoms with Crippen LogP contribution in [0.15, 0.2) is 39.3 Å². The van der Waals surface area contributed by atoms with Crippen molar-refractivity contribution in [2.24, 2.45) is 0 Å². The van der Waals surface area contributed by atoms with Crippen molar-refractivity contribution in [1.82, 2.24) is 0 Å². The lowest BCUT2D eigenvalue weighted by molar-refractivity contribution is 0.102. The van der Waals surface area contributed by atoms with E-state index in [-0.39, 0.29) is 10.0 Å². The molecule has 0 aliphatic heterocycles. The van der Waals surface area contributed by atoms with Gasteiger partial charge < -0.3 is 5.32 Å². The summed E-state index contributed by atoms with van der Waals surface area (Å²) in [6.07, 6.45) is 0. The third-order valence-corrected chi connectivity index (χ3v) is 4.30. The summed E-state index contributed by atoms with van der Waals surface area (Å²) < 4.78 is 27.5. The molecule has 0 heterocycles. The van der Waals surface area contributed by atoms with Crippen LogP contribution >= 0.6 is 31.9 Å². The van der Waals surface area contributed by atoms with Gasteiger partial charge in [-0.25, -0.2) is 8.78 Å². The summed E-state index contributed by atoms with van der Waals surface area (Å²) >= 11 is 6.11. The quantitative estimate of drug-likeness (QED) is 0.745. The van der Waals surface area contributed by atoms with Gasteiger partial charge in [0.05, 0.1) is 8.95 Å². The highest BCUT2D eigenvalue weighted by Gasteiger charge is 2.11. The van der Waals surface area contributed by atoms with E-state index in [9.17, 15) is 13.6 Å². The molecule has 2 aromatic rings. The van der Waals surface area contributed by atoms with Crippen LogP contribution < -0.4 is 5.32 Å². The molecule has 2 aromatic carbocycles. The molecular weight excluding hydrogens is 396 g/mol. The van der Waals surface area contributed by atoms with E-state index < -0.39 is 17.5 Å². The Hall–Kier alpha value is -1.27. The number of carbonyl (C=O) groups excluding carboxylic acids is 1. The molecule has 2 rings (SSSR count). The molecule has 0 radical (unpaired) electrons. The second-order valence-electron chi connectivity index (χ2n) is 4.17. The molecule has 0 aliphatic carbocycles. The summed E-state index contributed by atoms with van der Waals surface area (Å²) in [4.78, 5) is 12.0. The van der Waals surface area contributed by atoms with Crippen molar-refractivity contribution in [2.75, 3.05) is 5.32 Å². The zero-order chi connectivity index (χ0) is 14.9. The number of nitrogens with one attached hydrogen (secondary N) is 1. The van der Waals surface area contributed by atoms with Gasteiger partial charge in [0, 0.05) is 11.3 Å². The number of carbonyl (C=O) groups is 1. The van der Waals surface area contributed by atoms with Gasteiger partial charge in [-0.3, -0.25) is 4.79 Å². The Balaban J connectivity index is 2.25. The van der Waals surface area contributed by atoms with E-state index >= 15 is 0 Å². The molecule has 0 aliphatic rings. The van der Waals surface area contributed by atoms with Crippen LogP contribution in [0.1, 0.15) is 15.9 Å². The summed E-state index contributed by atoms with van der Waals surface area (Å²) in [5, 5.41) is 2.53. The van der Waals surface area contributed by atoms with Crippen molar-refractivity contribution in [2.45, 2.75) is 6.92 Å². The average molecular weight is 405 g/mol. The Bertz CT molecular complexity index is 666. The molecule has 0 fully saturated rings. The molecule has 2 nitrogen and oxygen atoms in total. The number of benzene rings is 2. The molecular formula is C14H9Br2F2NO. The smallest absolute Gasteiger partial charge is 0.255 e. The Kier molecular flexibility index (Phi) is 4.55. The van der Waals surface area contributed by atoms with E-state index in [4.69, 9.17) is 0 Å². The number of anilines is 1. The molecule has 0 unspecified atom stereocenters. The maximum atomic E-state index is 13.5. The molecule has 0 atom stereocenters. The molecule has 1 N–H and O–H groups in total. The molecule has 0 aromatic heterocycles. The summed E-state index contributed by atoms with van der Waals surface area (Å²) in [6, 6.07) is 6.86. The first-order chi connectivity index (χ1) is 9.38. The highest BCUT2D eigenvalue weighted by molar-refractivity contribution is 9.10. The minimum Gasteiger partial charge on any atom is -0.322 e. The minimum absolute atomic E-state index is 0.159. The van der Waals surface area contributed by atoms with Crippen LogP contribution in [0, 0.1) is 18.6 Å². The zero-order valence-corrected chi connectivity index (χ0v) is 13.5. The standard InChI is InChI=1S/C14H9Br2F2NO/c1-7-4-9(6-12(18)13(7)16)19-14(20)8-2-3-10(15)11(17)5-8/h2-6H,1H3,(H,19,20). The van der Waals surface area contributed by atoms with Gasteiger partial charge >= 0.3 is 0 Å².